The molecule has 0 spiro atoms. The maximum absolute atomic E-state index is 13.1. The van der Waals surface area contributed by atoms with E-state index in [9.17, 15) is 13.6 Å². The lowest BCUT2D eigenvalue weighted by Crippen LogP contribution is -2.18. The number of halogens is 2. The summed E-state index contributed by atoms with van der Waals surface area (Å²) in [7, 11) is 0. The zero-order chi connectivity index (χ0) is 17.4. The van der Waals surface area contributed by atoms with Crippen LogP contribution in [0, 0.1) is 5.92 Å². The number of pyridine rings is 1. The molecule has 1 fully saturated rings. The molecule has 3 aromatic rings. The molecule has 0 unspecified atom stereocenters. The number of carbonyl (C=O) groups excluding carboxylic acids is 1. The van der Waals surface area contributed by atoms with Gasteiger partial charge < -0.3 is 4.57 Å². The predicted molar refractivity (Wildman–Crippen MR) is 89.6 cm³/mol. The van der Waals surface area contributed by atoms with Crippen LogP contribution in [-0.2, 0) is 6.54 Å². The molecule has 1 aliphatic carbocycles. The maximum atomic E-state index is 13.1. The zero-order valence-electron chi connectivity index (χ0n) is 13.3. The number of nitrogens with zero attached hydrogens (tertiary/aromatic N) is 3. The Morgan fingerprint density at radius 2 is 2.04 bits per heavy atom. The third kappa shape index (κ3) is 3.09. The molecule has 7 heteroatoms. The van der Waals surface area contributed by atoms with Gasteiger partial charge in [0.2, 0.25) is 5.95 Å². The predicted octanol–water partition coefficient (Wildman–Crippen LogP) is 4.03. The van der Waals surface area contributed by atoms with Gasteiger partial charge in [-0.25, -0.2) is 13.8 Å². The number of rotatable bonds is 5. The molecule has 0 aliphatic heterocycles. The largest absolute Gasteiger partial charge is 0.310 e. The summed E-state index contributed by atoms with van der Waals surface area (Å²) in [4.78, 5) is 20.6. The van der Waals surface area contributed by atoms with Crippen molar-refractivity contribution in [3.8, 4) is 0 Å². The Labute approximate surface area is 142 Å². The first kappa shape index (κ1) is 15.7. The van der Waals surface area contributed by atoms with E-state index in [1.165, 1.54) is 18.3 Å². The fourth-order valence-electron chi connectivity index (χ4n) is 2.87. The zero-order valence-corrected chi connectivity index (χ0v) is 13.3. The van der Waals surface area contributed by atoms with Gasteiger partial charge in [-0.1, -0.05) is 12.1 Å². The molecule has 0 atom stereocenters. The lowest BCUT2D eigenvalue weighted by molar-refractivity contribution is 0.100. The van der Waals surface area contributed by atoms with Crippen LogP contribution < -0.4 is 5.32 Å². The first-order valence-corrected chi connectivity index (χ1v) is 8.13. The summed E-state index contributed by atoms with van der Waals surface area (Å²) in [5.74, 6) is 0.321. The summed E-state index contributed by atoms with van der Waals surface area (Å²) < 4.78 is 28.1. The minimum Gasteiger partial charge on any atom is -0.310 e. The van der Waals surface area contributed by atoms with Gasteiger partial charge in [0.25, 0.3) is 12.3 Å². The van der Waals surface area contributed by atoms with Gasteiger partial charge in [-0.2, -0.15) is 0 Å². The van der Waals surface area contributed by atoms with Gasteiger partial charge in [0.15, 0.2) is 0 Å². The van der Waals surface area contributed by atoms with Crippen molar-refractivity contribution in [2.24, 2.45) is 5.92 Å². The van der Waals surface area contributed by atoms with Gasteiger partial charge >= 0.3 is 0 Å². The van der Waals surface area contributed by atoms with Crippen LogP contribution in [0.25, 0.3) is 11.0 Å². The van der Waals surface area contributed by atoms with Crippen molar-refractivity contribution in [3.63, 3.8) is 0 Å². The summed E-state index contributed by atoms with van der Waals surface area (Å²) in [6.07, 6.45) is 0.740. The molecule has 1 amide bonds. The SMILES string of the molecule is O=C(Nc1nc2ccccc2n1CC1CC1)c1cccnc1C(F)F. The maximum Gasteiger partial charge on any atom is 0.281 e. The Bertz CT molecular complexity index is 934. The first-order chi connectivity index (χ1) is 12.1. The normalized spacial score (nSPS) is 14.2. The third-order valence-corrected chi connectivity index (χ3v) is 4.31. The van der Waals surface area contributed by atoms with Crippen molar-refractivity contribution < 1.29 is 13.6 Å². The summed E-state index contributed by atoms with van der Waals surface area (Å²) in [6.45, 7) is 0.755. The Hall–Kier alpha value is -2.83. The fraction of sp³-hybridized carbons (Fsp3) is 0.278. The smallest absolute Gasteiger partial charge is 0.281 e. The third-order valence-electron chi connectivity index (χ3n) is 4.31. The summed E-state index contributed by atoms with van der Waals surface area (Å²) >= 11 is 0. The number of alkyl halides is 2. The molecule has 2 aromatic heterocycles. The van der Waals surface area contributed by atoms with Crippen molar-refractivity contribution >= 4 is 22.9 Å². The van der Waals surface area contributed by atoms with Crippen LogP contribution in [0.2, 0.25) is 0 Å². The number of hydrogen-bond donors (Lipinski definition) is 1. The lowest BCUT2D eigenvalue weighted by atomic mass is 10.2. The van der Waals surface area contributed by atoms with Crippen LogP contribution in [0.3, 0.4) is 0 Å². The highest BCUT2D eigenvalue weighted by Gasteiger charge is 2.26. The van der Waals surface area contributed by atoms with Gasteiger partial charge in [0.05, 0.1) is 16.6 Å². The number of carbonyl (C=O) groups is 1. The van der Waals surface area contributed by atoms with Crippen molar-refractivity contribution in [3.05, 3.63) is 53.9 Å². The van der Waals surface area contributed by atoms with Gasteiger partial charge in [-0.05, 0) is 43.0 Å². The highest BCUT2D eigenvalue weighted by molar-refractivity contribution is 6.04. The van der Waals surface area contributed by atoms with E-state index in [4.69, 9.17) is 0 Å². The highest BCUT2D eigenvalue weighted by Crippen LogP contribution is 2.33. The summed E-state index contributed by atoms with van der Waals surface area (Å²) in [6, 6.07) is 10.4. The van der Waals surface area contributed by atoms with E-state index in [1.807, 2.05) is 28.8 Å². The van der Waals surface area contributed by atoms with E-state index in [1.54, 1.807) is 0 Å². The number of fused-ring (bicyclic) bond motifs is 1. The van der Waals surface area contributed by atoms with E-state index in [-0.39, 0.29) is 5.56 Å². The minimum atomic E-state index is -2.81. The van der Waals surface area contributed by atoms with Gasteiger partial charge in [-0.15, -0.1) is 0 Å². The van der Waals surface area contributed by atoms with Crippen molar-refractivity contribution in [1.82, 2.24) is 14.5 Å². The van der Waals surface area contributed by atoms with Crippen LogP contribution in [0.1, 0.15) is 35.3 Å². The molecule has 25 heavy (non-hydrogen) atoms. The molecule has 5 nitrogen and oxygen atoms in total. The number of anilines is 1. The second-order valence-electron chi connectivity index (χ2n) is 6.17. The van der Waals surface area contributed by atoms with Crippen LogP contribution in [-0.4, -0.2) is 20.4 Å². The quantitative estimate of drug-likeness (QED) is 0.761. The number of imidazole rings is 1. The molecular weight excluding hydrogens is 326 g/mol. The Kier molecular flexibility index (Phi) is 3.91. The lowest BCUT2D eigenvalue weighted by Gasteiger charge is -2.11. The van der Waals surface area contributed by atoms with E-state index in [0.29, 0.717) is 11.9 Å². The number of hydrogen-bond acceptors (Lipinski definition) is 3. The molecule has 2 heterocycles. The van der Waals surface area contributed by atoms with Gasteiger partial charge in [-0.3, -0.25) is 15.1 Å². The number of benzene rings is 1. The first-order valence-electron chi connectivity index (χ1n) is 8.13. The molecule has 128 valence electrons. The van der Waals surface area contributed by atoms with Crippen molar-refractivity contribution in [2.75, 3.05) is 5.32 Å². The van der Waals surface area contributed by atoms with E-state index in [0.717, 1.165) is 30.4 Å². The molecule has 1 aliphatic rings. The number of nitrogens with one attached hydrogen (secondary N) is 1. The Morgan fingerprint density at radius 3 is 2.80 bits per heavy atom. The average molecular weight is 342 g/mol. The topological polar surface area (TPSA) is 59.8 Å². The fourth-order valence-corrected chi connectivity index (χ4v) is 2.87. The molecule has 4 rings (SSSR count). The number of para-hydroxylation sites is 2. The molecule has 1 N–H and O–H groups in total. The van der Waals surface area contributed by atoms with Crippen LogP contribution >= 0.6 is 0 Å². The number of amides is 1. The summed E-state index contributed by atoms with van der Waals surface area (Å²) in [5, 5.41) is 2.68. The molecule has 0 radical (unpaired) electrons. The monoisotopic (exact) mass is 342 g/mol. The Morgan fingerprint density at radius 1 is 1.24 bits per heavy atom. The standard InChI is InChI=1S/C18H16F2N4O/c19-16(20)15-12(4-3-9-21-15)17(25)23-18-22-13-5-1-2-6-14(13)24(18)10-11-7-8-11/h1-6,9,11,16H,7-8,10H2,(H,22,23,25). The molecule has 1 aromatic carbocycles. The van der Waals surface area contributed by atoms with Crippen LogP contribution in [0.4, 0.5) is 14.7 Å². The van der Waals surface area contributed by atoms with E-state index in [2.05, 4.69) is 15.3 Å². The molecule has 1 saturated carbocycles. The second-order valence-corrected chi connectivity index (χ2v) is 6.17. The van der Waals surface area contributed by atoms with Crippen molar-refractivity contribution in [1.29, 1.82) is 0 Å². The van der Waals surface area contributed by atoms with Gasteiger partial charge in [0, 0.05) is 12.7 Å². The van der Waals surface area contributed by atoms with Crippen LogP contribution in [0.15, 0.2) is 42.6 Å². The Balaban J connectivity index is 1.69. The molecule has 0 bridgehead atoms. The second kappa shape index (κ2) is 6.23. The summed E-state index contributed by atoms with van der Waals surface area (Å²) in [5.41, 5.74) is 1.02. The van der Waals surface area contributed by atoms with E-state index >= 15 is 0 Å². The molecule has 0 saturated heterocycles. The minimum absolute atomic E-state index is 0.137. The highest BCUT2D eigenvalue weighted by atomic mass is 19.3. The van der Waals surface area contributed by atoms with Crippen LogP contribution in [0.5, 0.6) is 0 Å². The molecular formula is C18H16F2N4O. The average Bonchev–Trinajstić information content (AvgIpc) is 3.37. The number of aromatic nitrogens is 3. The van der Waals surface area contributed by atoms with E-state index < -0.39 is 18.0 Å². The van der Waals surface area contributed by atoms with Crippen molar-refractivity contribution in [2.45, 2.75) is 25.8 Å². The van der Waals surface area contributed by atoms with Gasteiger partial charge in [0.1, 0.15) is 5.69 Å².